The number of hydrogen-bond donors (Lipinski definition) is 1. The van der Waals surface area contributed by atoms with E-state index in [0.717, 1.165) is 24.2 Å². The van der Waals surface area contributed by atoms with Gasteiger partial charge >= 0.3 is 0 Å². The van der Waals surface area contributed by atoms with E-state index >= 15 is 0 Å². The van der Waals surface area contributed by atoms with Crippen LogP contribution in [0.1, 0.15) is 11.7 Å². The van der Waals surface area contributed by atoms with Crippen molar-refractivity contribution in [2.24, 2.45) is 0 Å². The quantitative estimate of drug-likeness (QED) is 0.852. The van der Waals surface area contributed by atoms with Crippen LogP contribution in [-0.4, -0.2) is 19.7 Å². The maximum absolute atomic E-state index is 5.63. The Morgan fingerprint density at radius 1 is 1.29 bits per heavy atom. The van der Waals surface area contributed by atoms with Crippen molar-refractivity contribution in [3.63, 3.8) is 0 Å². The molecule has 0 radical (unpaired) electrons. The molecule has 1 N–H and O–H groups in total. The first kappa shape index (κ1) is 12.0. The molecule has 1 aromatic rings. The predicted octanol–water partition coefficient (Wildman–Crippen LogP) is 2.53. The van der Waals surface area contributed by atoms with E-state index in [9.17, 15) is 0 Å². The highest BCUT2D eigenvalue weighted by atomic mass is 79.9. The van der Waals surface area contributed by atoms with E-state index < -0.39 is 0 Å². The summed E-state index contributed by atoms with van der Waals surface area (Å²) in [5.74, 6) is 0. The lowest BCUT2D eigenvalue weighted by Crippen LogP contribution is -2.33. The van der Waals surface area contributed by atoms with Gasteiger partial charge in [0.25, 0.3) is 0 Å². The Bertz CT molecular complexity index is 272. The standard InChI is InChI=1S/C10H12BrNO.ClH/c11-9-3-1-8(2-4-9)10-7-12-5-6-13-10;/h1-4,10,12H,5-7H2;1H/t10-;/m0./s1. The van der Waals surface area contributed by atoms with Gasteiger partial charge in [-0.15, -0.1) is 12.4 Å². The minimum Gasteiger partial charge on any atom is -0.371 e. The van der Waals surface area contributed by atoms with Gasteiger partial charge in [-0.25, -0.2) is 0 Å². The van der Waals surface area contributed by atoms with Crippen molar-refractivity contribution in [3.05, 3.63) is 34.3 Å². The van der Waals surface area contributed by atoms with Crippen LogP contribution in [0.2, 0.25) is 0 Å². The van der Waals surface area contributed by atoms with Crippen molar-refractivity contribution in [2.45, 2.75) is 6.10 Å². The third kappa shape index (κ3) is 2.95. The van der Waals surface area contributed by atoms with Crippen molar-refractivity contribution in [3.8, 4) is 0 Å². The Balaban J connectivity index is 0.000000980. The smallest absolute Gasteiger partial charge is 0.0949 e. The fraction of sp³-hybridized carbons (Fsp3) is 0.400. The molecule has 2 rings (SSSR count). The molecule has 0 bridgehead atoms. The van der Waals surface area contributed by atoms with Crippen LogP contribution in [0.4, 0.5) is 0 Å². The normalized spacial score (nSPS) is 21.4. The van der Waals surface area contributed by atoms with Crippen LogP contribution in [-0.2, 0) is 4.74 Å². The third-order valence-corrected chi connectivity index (χ3v) is 2.70. The Kier molecular flexibility index (Phi) is 4.89. The maximum Gasteiger partial charge on any atom is 0.0949 e. The Hall–Kier alpha value is -0.0900. The molecule has 0 spiro atoms. The van der Waals surface area contributed by atoms with E-state index in [1.54, 1.807) is 0 Å². The Labute approximate surface area is 98.6 Å². The molecule has 78 valence electrons. The second-order valence-electron chi connectivity index (χ2n) is 3.12. The second-order valence-corrected chi connectivity index (χ2v) is 4.03. The van der Waals surface area contributed by atoms with Gasteiger partial charge in [-0.3, -0.25) is 0 Å². The van der Waals surface area contributed by atoms with Gasteiger partial charge in [-0.2, -0.15) is 0 Å². The van der Waals surface area contributed by atoms with Crippen molar-refractivity contribution in [2.75, 3.05) is 19.7 Å². The Morgan fingerprint density at radius 3 is 2.57 bits per heavy atom. The van der Waals surface area contributed by atoms with Gasteiger partial charge in [0, 0.05) is 17.6 Å². The summed E-state index contributed by atoms with van der Waals surface area (Å²) < 4.78 is 6.74. The molecule has 1 heterocycles. The fourth-order valence-electron chi connectivity index (χ4n) is 1.46. The molecule has 0 amide bonds. The Morgan fingerprint density at radius 2 is 2.00 bits per heavy atom. The maximum atomic E-state index is 5.63. The molecular weight excluding hydrogens is 265 g/mol. The summed E-state index contributed by atoms with van der Waals surface area (Å²) in [5, 5.41) is 3.31. The summed E-state index contributed by atoms with van der Waals surface area (Å²) in [6, 6.07) is 8.30. The number of hydrogen-bond acceptors (Lipinski definition) is 2. The molecule has 1 fully saturated rings. The number of benzene rings is 1. The van der Waals surface area contributed by atoms with Crippen LogP contribution in [0.25, 0.3) is 0 Å². The van der Waals surface area contributed by atoms with E-state index in [4.69, 9.17) is 4.74 Å². The summed E-state index contributed by atoms with van der Waals surface area (Å²) in [7, 11) is 0. The average molecular weight is 279 g/mol. The first-order valence-corrected chi connectivity index (χ1v) is 5.23. The first-order chi connectivity index (χ1) is 6.36. The van der Waals surface area contributed by atoms with Gasteiger partial charge in [0.05, 0.1) is 12.7 Å². The molecule has 0 aliphatic carbocycles. The molecule has 1 saturated heterocycles. The fourth-order valence-corrected chi connectivity index (χ4v) is 1.72. The van der Waals surface area contributed by atoms with Crippen molar-refractivity contribution < 1.29 is 4.74 Å². The summed E-state index contributed by atoms with van der Waals surface area (Å²) in [6.45, 7) is 2.69. The molecule has 2 nitrogen and oxygen atoms in total. The van der Waals surface area contributed by atoms with Crippen LogP contribution in [0, 0.1) is 0 Å². The number of morpholine rings is 1. The van der Waals surface area contributed by atoms with Gasteiger partial charge in [-0.05, 0) is 17.7 Å². The van der Waals surface area contributed by atoms with E-state index in [0.29, 0.717) is 0 Å². The van der Waals surface area contributed by atoms with Crippen LogP contribution in [0.5, 0.6) is 0 Å². The summed E-state index contributed by atoms with van der Waals surface area (Å²) in [5.41, 5.74) is 1.25. The number of halogens is 2. The molecular formula is C10H13BrClNO. The zero-order valence-electron chi connectivity index (χ0n) is 7.70. The lowest BCUT2D eigenvalue weighted by atomic mass is 10.1. The van der Waals surface area contributed by atoms with E-state index in [1.165, 1.54) is 5.56 Å². The van der Waals surface area contributed by atoms with Gasteiger partial charge in [0.2, 0.25) is 0 Å². The number of ether oxygens (including phenoxy) is 1. The SMILES string of the molecule is Brc1ccc([C@@H]2CNCCO2)cc1.Cl. The molecule has 1 aromatic carbocycles. The minimum atomic E-state index is 0. The van der Waals surface area contributed by atoms with Crippen LogP contribution >= 0.6 is 28.3 Å². The number of rotatable bonds is 1. The highest BCUT2D eigenvalue weighted by Crippen LogP contribution is 2.20. The molecule has 1 aliphatic heterocycles. The van der Waals surface area contributed by atoms with Gasteiger partial charge in [-0.1, -0.05) is 28.1 Å². The van der Waals surface area contributed by atoms with Crippen molar-refractivity contribution in [1.82, 2.24) is 5.32 Å². The highest BCUT2D eigenvalue weighted by Gasteiger charge is 2.14. The van der Waals surface area contributed by atoms with Crippen LogP contribution in [0.15, 0.2) is 28.7 Å². The zero-order valence-corrected chi connectivity index (χ0v) is 10.1. The third-order valence-electron chi connectivity index (χ3n) is 2.17. The number of nitrogens with one attached hydrogen (secondary N) is 1. The molecule has 0 aromatic heterocycles. The largest absolute Gasteiger partial charge is 0.371 e. The van der Waals surface area contributed by atoms with E-state index in [1.807, 2.05) is 12.1 Å². The van der Waals surface area contributed by atoms with Gasteiger partial charge in [0.15, 0.2) is 0 Å². The molecule has 14 heavy (non-hydrogen) atoms. The van der Waals surface area contributed by atoms with Crippen LogP contribution in [0.3, 0.4) is 0 Å². The van der Waals surface area contributed by atoms with Crippen LogP contribution < -0.4 is 5.32 Å². The van der Waals surface area contributed by atoms with Gasteiger partial charge in [0.1, 0.15) is 0 Å². The molecule has 1 aliphatic rings. The molecule has 0 saturated carbocycles. The topological polar surface area (TPSA) is 21.3 Å². The second kappa shape index (κ2) is 5.71. The predicted molar refractivity (Wildman–Crippen MR) is 63.0 cm³/mol. The van der Waals surface area contributed by atoms with Crippen molar-refractivity contribution >= 4 is 28.3 Å². The molecule has 0 unspecified atom stereocenters. The van der Waals surface area contributed by atoms with E-state index in [2.05, 4.69) is 33.4 Å². The van der Waals surface area contributed by atoms with Gasteiger partial charge < -0.3 is 10.1 Å². The van der Waals surface area contributed by atoms with Crippen molar-refractivity contribution in [1.29, 1.82) is 0 Å². The molecule has 4 heteroatoms. The lowest BCUT2D eigenvalue weighted by molar-refractivity contribution is 0.0277. The lowest BCUT2D eigenvalue weighted by Gasteiger charge is -2.23. The monoisotopic (exact) mass is 277 g/mol. The van der Waals surface area contributed by atoms with E-state index in [-0.39, 0.29) is 18.5 Å². The summed E-state index contributed by atoms with van der Waals surface area (Å²) >= 11 is 3.41. The first-order valence-electron chi connectivity index (χ1n) is 4.44. The summed E-state index contributed by atoms with van der Waals surface area (Å²) in [4.78, 5) is 0. The summed E-state index contributed by atoms with van der Waals surface area (Å²) in [6.07, 6.45) is 0.224. The molecule has 1 atom stereocenters. The highest BCUT2D eigenvalue weighted by molar-refractivity contribution is 9.10. The average Bonchev–Trinajstić information content (AvgIpc) is 2.20. The minimum absolute atomic E-state index is 0. The zero-order chi connectivity index (χ0) is 9.10.